The largest absolute Gasteiger partial charge is 0.466 e. The highest BCUT2D eigenvalue weighted by Crippen LogP contribution is 2.33. The van der Waals surface area contributed by atoms with E-state index in [1.165, 1.54) is 0 Å². The average molecular weight is 332 g/mol. The van der Waals surface area contributed by atoms with Crippen LogP contribution < -0.4 is 0 Å². The van der Waals surface area contributed by atoms with Crippen molar-refractivity contribution in [2.24, 2.45) is 5.41 Å². The Morgan fingerprint density at radius 2 is 2.12 bits per heavy atom. The number of esters is 1. The molecule has 0 aliphatic heterocycles. The van der Waals surface area contributed by atoms with Crippen LogP contribution in [0.15, 0.2) is 11.1 Å². The molecule has 1 atom stereocenters. The van der Waals surface area contributed by atoms with E-state index in [2.05, 4.69) is 15.9 Å². The Morgan fingerprint density at radius 3 is 2.56 bits per heavy atom. The summed E-state index contributed by atoms with van der Waals surface area (Å²) >= 11 is 14.9. The molecule has 0 aromatic rings. The van der Waals surface area contributed by atoms with E-state index < -0.39 is 0 Å². The minimum atomic E-state index is -0.265. The lowest BCUT2D eigenvalue weighted by Gasteiger charge is -2.27. The lowest BCUT2D eigenvalue weighted by molar-refractivity contribution is -0.145. The third-order valence-electron chi connectivity index (χ3n) is 2.11. The van der Waals surface area contributed by atoms with E-state index in [1.54, 1.807) is 6.92 Å². The minimum Gasteiger partial charge on any atom is -0.466 e. The van der Waals surface area contributed by atoms with Crippen LogP contribution in [-0.2, 0) is 9.53 Å². The molecular formula is C11H17BrCl2O2. The monoisotopic (exact) mass is 330 g/mol. The lowest BCUT2D eigenvalue weighted by atomic mass is 9.85. The van der Waals surface area contributed by atoms with Gasteiger partial charge in [-0.3, -0.25) is 4.79 Å². The Balaban J connectivity index is 4.47. The third kappa shape index (κ3) is 6.12. The van der Waals surface area contributed by atoms with Gasteiger partial charge < -0.3 is 4.74 Å². The molecule has 0 amide bonds. The zero-order chi connectivity index (χ0) is 12.8. The molecule has 5 heteroatoms. The normalized spacial score (nSPS) is 14.8. The lowest BCUT2D eigenvalue weighted by Crippen LogP contribution is -2.27. The zero-order valence-corrected chi connectivity index (χ0v) is 12.8. The fraction of sp³-hybridized carbons (Fsp3) is 0.727. The first-order valence-electron chi connectivity index (χ1n) is 5.05. The van der Waals surface area contributed by atoms with Crippen molar-refractivity contribution in [3.63, 3.8) is 0 Å². The predicted molar refractivity (Wildman–Crippen MR) is 72.4 cm³/mol. The number of hydrogen-bond acceptors (Lipinski definition) is 2. The van der Waals surface area contributed by atoms with Crippen LogP contribution >= 0.6 is 39.1 Å². The van der Waals surface area contributed by atoms with E-state index in [4.69, 9.17) is 27.9 Å². The second-order valence-electron chi connectivity index (χ2n) is 4.12. The van der Waals surface area contributed by atoms with Crippen molar-refractivity contribution in [2.45, 2.75) is 32.0 Å². The van der Waals surface area contributed by atoms with Gasteiger partial charge in [-0.2, -0.15) is 0 Å². The first-order chi connectivity index (χ1) is 7.33. The molecule has 0 N–H and O–H groups in total. The van der Waals surface area contributed by atoms with Gasteiger partial charge in [0.1, 0.15) is 0 Å². The van der Waals surface area contributed by atoms with Gasteiger partial charge in [0.05, 0.1) is 18.9 Å². The summed E-state index contributed by atoms with van der Waals surface area (Å²) < 4.78 is 4.92. The molecule has 0 rings (SSSR count). The molecule has 0 spiro atoms. The molecule has 0 saturated carbocycles. The fourth-order valence-electron chi connectivity index (χ4n) is 1.11. The van der Waals surface area contributed by atoms with Gasteiger partial charge in [0.15, 0.2) is 0 Å². The van der Waals surface area contributed by atoms with Gasteiger partial charge in [0.25, 0.3) is 0 Å². The molecule has 0 aliphatic rings. The SMILES string of the molecule is CCOC(=O)CC(C)(C)C(Br)C=C(Cl)CCl. The Kier molecular flexibility index (Phi) is 7.70. The summed E-state index contributed by atoms with van der Waals surface area (Å²) in [7, 11) is 0. The molecule has 16 heavy (non-hydrogen) atoms. The number of carbonyl (C=O) groups excluding carboxylic acids is 1. The van der Waals surface area contributed by atoms with Crippen molar-refractivity contribution in [2.75, 3.05) is 12.5 Å². The standard InChI is InChI=1S/C11H17BrCl2O2/c1-4-16-10(15)6-11(2,3)9(12)5-8(14)7-13/h5,9H,4,6-7H2,1-3H3. The van der Waals surface area contributed by atoms with E-state index in [0.29, 0.717) is 18.1 Å². The number of ether oxygens (including phenoxy) is 1. The Bertz CT molecular complexity index is 265. The molecule has 0 saturated heterocycles. The maximum absolute atomic E-state index is 11.4. The molecule has 2 nitrogen and oxygen atoms in total. The quantitative estimate of drug-likeness (QED) is 0.541. The van der Waals surface area contributed by atoms with Gasteiger partial charge in [-0.1, -0.05) is 47.5 Å². The van der Waals surface area contributed by atoms with E-state index in [0.717, 1.165) is 0 Å². The Labute approximate surface area is 115 Å². The Morgan fingerprint density at radius 1 is 1.56 bits per heavy atom. The van der Waals surface area contributed by atoms with Crippen LogP contribution in [-0.4, -0.2) is 23.3 Å². The van der Waals surface area contributed by atoms with Gasteiger partial charge in [-0.05, 0) is 12.3 Å². The summed E-state index contributed by atoms with van der Waals surface area (Å²) in [6.45, 7) is 6.14. The molecule has 0 bridgehead atoms. The van der Waals surface area contributed by atoms with Gasteiger partial charge >= 0.3 is 5.97 Å². The first-order valence-corrected chi connectivity index (χ1v) is 6.88. The van der Waals surface area contributed by atoms with Gasteiger partial charge in [0, 0.05) is 9.86 Å². The maximum Gasteiger partial charge on any atom is 0.306 e. The van der Waals surface area contributed by atoms with Crippen LogP contribution in [0.3, 0.4) is 0 Å². The smallest absolute Gasteiger partial charge is 0.306 e. The van der Waals surface area contributed by atoms with Crippen molar-refractivity contribution in [3.8, 4) is 0 Å². The zero-order valence-electron chi connectivity index (χ0n) is 9.73. The number of rotatable bonds is 6. The molecule has 0 radical (unpaired) electrons. The molecule has 0 fully saturated rings. The van der Waals surface area contributed by atoms with E-state index in [1.807, 2.05) is 19.9 Å². The van der Waals surface area contributed by atoms with Gasteiger partial charge in [0.2, 0.25) is 0 Å². The average Bonchev–Trinajstić information content (AvgIpc) is 2.16. The molecular weight excluding hydrogens is 315 g/mol. The highest BCUT2D eigenvalue weighted by Gasteiger charge is 2.29. The summed E-state index contributed by atoms with van der Waals surface area (Å²) in [5.41, 5.74) is -0.265. The van der Waals surface area contributed by atoms with Crippen LogP contribution in [0.5, 0.6) is 0 Å². The summed E-state index contributed by atoms with van der Waals surface area (Å²) in [5.74, 6) is 0.0754. The summed E-state index contributed by atoms with van der Waals surface area (Å²) in [6.07, 6.45) is 2.15. The van der Waals surface area contributed by atoms with Crippen LogP contribution in [0.2, 0.25) is 0 Å². The summed E-state index contributed by atoms with van der Waals surface area (Å²) in [6, 6.07) is 0. The highest BCUT2D eigenvalue weighted by atomic mass is 79.9. The molecule has 94 valence electrons. The third-order valence-corrected chi connectivity index (χ3v) is 4.29. The van der Waals surface area contributed by atoms with Gasteiger partial charge in [-0.15, -0.1) is 11.6 Å². The van der Waals surface area contributed by atoms with Crippen LogP contribution in [0, 0.1) is 5.41 Å². The van der Waals surface area contributed by atoms with Crippen molar-refractivity contribution in [3.05, 3.63) is 11.1 Å². The minimum absolute atomic E-state index is 0.0179. The first kappa shape index (κ1) is 16.3. The second-order valence-corrected chi connectivity index (χ2v) is 5.86. The number of alkyl halides is 2. The van der Waals surface area contributed by atoms with Crippen molar-refractivity contribution in [1.29, 1.82) is 0 Å². The number of carbonyl (C=O) groups is 1. The van der Waals surface area contributed by atoms with Crippen molar-refractivity contribution >= 4 is 45.1 Å². The fourth-order valence-corrected chi connectivity index (χ4v) is 1.96. The Hall–Kier alpha value is 0.270. The maximum atomic E-state index is 11.4. The number of allylic oxidation sites excluding steroid dienone is 2. The second kappa shape index (κ2) is 7.57. The predicted octanol–water partition coefficient (Wildman–Crippen LogP) is 4.09. The molecule has 0 heterocycles. The van der Waals surface area contributed by atoms with E-state index >= 15 is 0 Å². The van der Waals surface area contributed by atoms with E-state index in [9.17, 15) is 4.79 Å². The molecule has 0 aromatic heterocycles. The summed E-state index contributed by atoms with van der Waals surface area (Å²) in [4.78, 5) is 11.4. The topological polar surface area (TPSA) is 26.3 Å². The molecule has 1 unspecified atom stereocenters. The summed E-state index contributed by atoms with van der Waals surface area (Å²) in [5, 5.41) is 0.570. The number of hydrogen-bond donors (Lipinski definition) is 0. The molecule has 0 aliphatic carbocycles. The molecule has 0 aromatic carbocycles. The van der Waals surface area contributed by atoms with Crippen LogP contribution in [0.25, 0.3) is 0 Å². The highest BCUT2D eigenvalue weighted by molar-refractivity contribution is 9.09. The number of halogens is 3. The van der Waals surface area contributed by atoms with Crippen LogP contribution in [0.1, 0.15) is 27.2 Å². The van der Waals surface area contributed by atoms with Gasteiger partial charge in [-0.25, -0.2) is 0 Å². The van der Waals surface area contributed by atoms with Crippen molar-refractivity contribution < 1.29 is 9.53 Å². The van der Waals surface area contributed by atoms with Crippen LogP contribution in [0.4, 0.5) is 0 Å². The van der Waals surface area contributed by atoms with Crippen molar-refractivity contribution in [1.82, 2.24) is 0 Å². The van der Waals surface area contributed by atoms with E-state index in [-0.39, 0.29) is 22.1 Å².